The fourth-order valence-corrected chi connectivity index (χ4v) is 3.94. The highest BCUT2D eigenvalue weighted by molar-refractivity contribution is 9.09. The first kappa shape index (κ1) is 14.9. The molecule has 4 heteroatoms. The van der Waals surface area contributed by atoms with Gasteiger partial charge in [-0.1, -0.05) is 53.4 Å². The number of hydrogen-bond acceptors (Lipinski definition) is 2. The molecule has 1 N–H and O–H groups in total. The van der Waals surface area contributed by atoms with E-state index in [1.165, 1.54) is 19.3 Å². The Morgan fingerprint density at radius 1 is 1.21 bits per heavy atom. The topological polar surface area (TPSA) is 29.1 Å². The van der Waals surface area contributed by atoms with Crippen LogP contribution in [0.5, 0.6) is 0 Å². The van der Waals surface area contributed by atoms with E-state index < -0.39 is 0 Å². The highest BCUT2D eigenvalue weighted by atomic mass is 79.9. The van der Waals surface area contributed by atoms with Gasteiger partial charge < -0.3 is 5.32 Å². The largest absolute Gasteiger partial charge is 0.349 e. The third-order valence-electron chi connectivity index (χ3n) is 3.58. The second-order valence-corrected chi connectivity index (χ2v) is 6.73. The molecule has 0 atom stereocenters. The standard InChI is InChI=1S/C15H20BrNOS/c16-12-15(9-5-2-6-10-15)17-14(18)11-19-13-7-3-1-4-8-13/h1,3-4,7-8H,2,5-6,9-12H2,(H,17,18). The molecule has 2 nitrogen and oxygen atoms in total. The zero-order chi connectivity index (χ0) is 13.6. The summed E-state index contributed by atoms with van der Waals surface area (Å²) in [6.45, 7) is 0. The predicted molar refractivity (Wildman–Crippen MR) is 84.9 cm³/mol. The van der Waals surface area contributed by atoms with Crippen LogP contribution in [0, 0.1) is 0 Å². The molecule has 0 radical (unpaired) electrons. The van der Waals surface area contributed by atoms with Crippen molar-refractivity contribution in [2.45, 2.75) is 42.5 Å². The van der Waals surface area contributed by atoms with Crippen LogP contribution < -0.4 is 5.32 Å². The van der Waals surface area contributed by atoms with Gasteiger partial charge in [0.1, 0.15) is 0 Å². The van der Waals surface area contributed by atoms with Crippen molar-refractivity contribution in [3.63, 3.8) is 0 Å². The molecule has 1 aliphatic carbocycles. The molecule has 0 bridgehead atoms. The van der Waals surface area contributed by atoms with E-state index in [4.69, 9.17) is 0 Å². The molecule has 1 saturated carbocycles. The number of amides is 1. The second-order valence-electron chi connectivity index (χ2n) is 5.12. The van der Waals surface area contributed by atoms with Crippen LogP contribution in [-0.4, -0.2) is 22.5 Å². The fraction of sp³-hybridized carbons (Fsp3) is 0.533. The zero-order valence-corrected chi connectivity index (χ0v) is 13.4. The van der Waals surface area contributed by atoms with Crippen LogP contribution in [0.15, 0.2) is 35.2 Å². The van der Waals surface area contributed by atoms with Crippen LogP contribution in [-0.2, 0) is 4.79 Å². The Morgan fingerprint density at radius 2 is 1.89 bits per heavy atom. The van der Waals surface area contributed by atoms with Crippen molar-refractivity contribution >= 4 is 33.6 Å². The van der Waals surface area contributed by atoms with Gasteiger partial charge in [0, 0.05) is 15.8 Å². The molecular formula is C15H20BrNOS. The molecule has 104 valence electrons. The van der Waals surface area contributed by atoms with E-state index in [1.807, 2.05) is 30.3 Å². The lowest BCUT2D eigenvalue weighted by atomic mass is 9.83. The number of thioether (sulfide) groups is 1. The molecule has 1 aromatic carbocycles. The van der Waals surface area contributed by atoms with Gasteiger partial charge in [-0.25, -0.2) is 0 Å². The highest BCUT2D eigenvalue weighted by Crippen LogP contribution is 2.30. The Morgan fingerprint density at radius 3 is 2.53 bits per heavy atom. The molecule has 0 aliphatic heterocycles. The number of halogens is 1. The van der Waals surface area contributed by atoms with Crippen LogP contribution in [0.1, 0.15) is 32.1 Å². The SMILES string of the molecule is O=C(CSc1ccccc1)NC1(CBr)CCCCC1. The molecule has 0 spiro atoms. The van der Waals surface area contributed by atoms with Crippen molar-refractivity contribution in [2.75, 3.05) is 11.1 Å². The van der Waals surface area contributed by atoms with E-state index in [0.29, 0.717) is 5.75 Å². The van der Waals surface area contributed by atoms with E-state index >= 15 is 0 Å². The van der Waals surface area contributed by atoms with Crippen molar-refractivity contribution < 1.29 is 4.79 Å². The molecule has 1 fully saturated rings. The second kappa shape index (κ2) is 7.34. The summed E-state index contributed by atoms with van der Waals surface area (Å²) in [5.41, 5.74) is -0.00736. The molecular weight excluding hydrogens is 322 g/mol. The van der Waals surface area contributed by atoms with Crippen LogP contribution in [0.4, 0.5) is 0 Å². The summed E-state index contributed by atoms with van der Waals surface area (Å²) in [4.78, 5) is 13.2. The number of benzene rings is 1. The number of nitrogens with one attached hydrogen (secondary N) is 1. The molecule has 0 unspecified atom stereocenters. The monoisotopic (exact) mass is 341 g/mol. The molecule has 0 saturated heterocycles. The predicted octanol–water partition coefficient (Wildman–Crippen LogP) is 3.99. The number of carbonyl (C=O) groups excluding carboxylic acids is 1. The van der Waals surface area contributed by atoms with Crippen molar-refractivity contribution in [1.82, 2.24) is 5.32 Å². The van der Waals surface area contributed by atoms with Gasteiger partial charge in [-0.05, 0) is 25.0 Å². The minimum Gasteiger partial charge on any atom is -0.349 e. The Bertz CT molecular complexity index is 404. The van der Waals surface area contributed by atoms with Gasteiger partial charge in [0.2, 0.25) is 5.91 Å². The Hall–Kier alpha value is -0.480. The van der Waals surface area contributed by atoms with Gasteiger partial charge in [0.15, 0.2) is 0 Å². The highest BCUT2D eigenvalue weighted by Gasteiger charge is 2.32. The average Bonchev–Trinajstić information content (AvgIpc) is 2.47. The Kier molecular flexibility index (Phi) is 5.76. The molecule has 1 aromatic rings. The molecule has 2 rings (SSSR count). The third kappa shape index (κ3) is 4.53. The number of carbonyl (C=O) groups is 1. The van der Waals surface area contributed by atoms with Crippen LogP contribution >= 0.6 is 27.7 Å². The zero-order valence-electron chi connectivity index (χ0n) is 11.0. The van der Waals surface area contributed by atoms with E-state index in [-0.39, 0.29) is 11.4 Å². The van der Waals surface area contributed by atoms with Crippen LogP contribution in [0.2, 0.25) is 0 Å². The minimum atomic E-state index is -0.00736. The molecule has 1 aliphatic rings. The van der Waals surface area contributed by atoms with Crippen molar-refractivity contribution in [3.8, 4) is 0 Å². The normalized spacial score (nSPS) is 17.9. The van der Waals surface area contributed by atoms with Gasteiger partial charge in [0.25, 0.3) is 0 Å². The maximum Gasteiger partial charge on any atom is 0.230 e. The first-order valence-electron chi connectivity index (χ1n) is 6.79. The van der Waals surface area contributed by atoms with Crippen molar-refractivity contribution in [2.24, 2.45) is 0 Å². The Labute approximate surface area is 127 Å². The summed E-state index contributed by atoms with van der Waals surface area (Å²) in [7, 11) is 0. The first-order valence-corrected chi connectivity index (χ1v) is 8.90. The summed E-state index contributed by atoms with van der Waals surface area (Å²) < 4.78 is 0. The van der Waals surface area contributed by atoms with Gasteiger partial charge in [0.05, 0.1) is 5.75 Å². The van der Waals surface area contributed by atoms with Gasteiger partial charge >= 0.3 is 0 Å². The van der Waals surface area contributed by atoms with Crippen molar-refractivity contribution in [3.05, 3.63) is 30.3 Å². The lowest BCUT2D eigenvalue weighted by Gasteiger charge is -2.36. The lowest BCUT2D eigenvalue weighted by Crippen LogP contribution is -2.51. The fourth-order valence-electron chi connectivity index (χ4n) is 2.52. The lowest BCUT2D eigenvalue weighted by molar-refractivity contribution is -0.120. The van der Waals surface area contributed by atoms with Gasteiger partial charge in [-0.3, -0.25) is 4.79 Å². The quantitative estimate of drug-likeness (QED) is 0.647. The average molecular weight is 342 g/mol. The Balaban J connectivity index is 1.83. The molecule has 1 amide bonds. The maximum absolute atomic E-state index is 12.1. The van der Waals surface area contributed by atoms with Gasteiger partial charge in [-0.2, -0.15) is 0 Å². The van der Waals surface area contributed by atoms with E-state index in [9.17, 15) is 4.79 Å². The number of alkyl halides is 1. The first-order chi connectivity index (χ1) is 9.24. The van der Waals surface area contributed by atoms with Crippen molar-refractivity contribution in [1.29, 1.82) is 0 Å². The van der Waals surface area contributed by atoms with Crippen LogP contribution in [0.25, 0.3) is 0 Å². The summed E-state index contributed by atoms with van der Waals surface area (Å²) in [6.07, 6.45) is 5.93. The van der Waals surface area contributed by atoms with Crippen LogP contribution in [0.3, 0.4) is 0 Å². The maximum atomic E-state index is 12.1. The summed E-state index contributed by atoms with van der Waals surface area (Å²) in [5.74, 6) is 0.647. The summed E-state index contributed by atoms with van der Waals surface area (Å²) >= 11 is 5.17. The summed E-state index contributed by atoms with van der Waals surface area (Å²) in [5, 5.41) is 4.11. The molecule has 19 heavy (non-hydrogen) atoms. The number of rotatable bonds is 5. The van der Waals surface area contributed by atoms with E-state index in [0.717, 1.165) is 23.1 Å². The van der Waals surface area contributed by atoms with E-state index in [1.54, 1.807) is 11.8 Å². The molecule has 0 heterocycles. The summed E-state index contributed by atoms with van der Waals surface area (Å²) in [6, 6.07) is 10.1. The van der Waals surface area contributed by atoms with E-state index in [2.05, 4.69) is 21.2 Å². The third-order valence-corrected chi connectivity index (χ3v) is 5.67. The smallest absolute Gasteiger partial charge is 0.230 e. The minimum absolute atomic E-state index is 0.00736. The number of hydrogen-bond donors (Lipinski definition) is 1. The van der Waals surface area contributed by atoms with Gasteiger partial charge in [-0.15, -0.1) is 11.8 Å². The molecule has 0 aromatic heterocycles.